The minimum atomic E-state index is 0.394. The van der Waals surface area contributed by atoms with E-state index in [1.54, 1.807) is 0 Å². The molecule has 2 unspecified atom stereocenters. The summed E-state index contributed by atoms with van der Waals surface area (Å²) < 4.78 is 5.73. The largest absolute Gasteiger partial charge is 0.376 e. The summed E-state index contributed by atoms with van der Waals surface area (Å²) in [6.07, 6.45) is 2.81. The van der Waals surface area contributed by atoms with Gasteiger partial charge in [-0.05, 0) is 24.8 Å². The number of morpholine rings is 1. The van der Waals surface area contributed by atoms with Crippen LogP contribution in [0.4, 0.5) is 0 Å². The first-order valence-corrected chi connectivity index (χ1v) is 7.18. The number of hydrogen-bond acceptors (Lipinski definition) is 3. The topological polar surface area (TPSA) is 24.5 Å². The van der Waals surface area contributed by atoms with Crippen LogP contribution in [-0.2, 0) is 4.74 Å². The molecular weight excluding hydrogens is 212 g/mol. The van der Waals surface area contributed by atoms with Gasteiger partial charge >= 0.3 is 0 Å². The zero-order valence-corrected chi connectivity index (χ0v) is 12.1. The average molecular weight is 242 g/mol. The summed E-state index contributed by atoms with van der Waals surface area (Å²) in [6.45, 7) is 15.6. The second-order valence-electron chi connectivity index (χ2n) is 5.58. The van der Waals surface area contributed by atoms with Crippen LogP contribution in [0.2, 0.25) is 0 Å². The van der Waals surface area contributed by atoms with Crippen molar-refractivity contribution in [3.8, 4) is 0 Å². The van der Waals surface area contributed by atoms with E-state index >= 15 is 0 Å². The maximum atomic E-state index is 5.73. The molecule has 1 aliphatic rings. The molecule has 0 saturated carbocycles. The number of rotatable bonds is 7. The Hall–Kier alpha value is -0.120. The van der Waals surface area contributed by atoms with Crippen LogP contribution in [-0.4, -0.2) is 50.3 Å². The fraction of sp³-hybridized carbons (Fsp3) is 1.00. The van der Waals surface area contributed by atoms with Gasteiger partial charge in [0.05, 0.1) is 12.7 Å². The third kappa shape index (κ3) is 4.94. The molecule has 0 radical (unpaired) electrons. The molecule has 1 aliphatic heterocycles. The molecule has 0 aromatic heterocycles. The van der Waals surface area contributed by atoms with E-state index in [-0.39, 0.29) is 0 Å². The normalized spacial score (nSPS) is 25.8. The highest BCUT2D eigenvalue weighted by atomic mass is 16.5. The van der Waals surface area contributed by atoms with Crippen LogP contribution in [0.3, 0.4) is 0 Å². The third-order valence-electron chi connectivity index (χ3n) is 3.94. The molecule has 0 aromatic carbocycles. The summed E-state index contributed by atoms with van der Waals surface area (Å²) in [4.78, 5) is 2.58. The smallest absolute Gasteiger partial charge is 0.0700 e. The van der Waals surface area contributed by atoms with Crippen molar-refractivity contribution < 1.29 is 4.74 Å². The molecule has 0 spiro atoms. The lowest BCUT2D eigenvalue weighted by Crippen LogP contribution is -2.48. The molecule has 1 saturated heterocycles. The van der Waals surface area contributed by atoms with Crippen molar-refractivity contribution in [3.63, 3.8) is 0 Å². The van der Waals surface area contributed by atoms with Crippen LogP contribution in [0.15, 0.2) is 0 Å². The van der Waals surface area contributed by atoms with E-state index in [0.29, 0.717) is 11.5 Å². The highest BCUT2D eigenvalue weighted by molar-refractivity contribution is 4.82. The minimum Gasteiger partial charge on any atom is -0.376 e. The summed E-state index contributed by atoms with van der Waals surface area (Å²) >= 11 is 0. The van der Waals surface area contributed by atoms with Gasteiger partial charge in [0.25, 0.3) is 0 Å². The predicted molar refractivity (Wildman–Crippen MR) is 73.4 cm³/mol. The third-order valence-corrected chi connectivity index (χ3v) is 3.94. The molecule has 1 heterocycles. The lowest BCUT2D eigenvalue weighted by Gasteiger charge is -2.39. The maximum Gasteiger partial charge on any atom is 0.0700 e. The first-order chi connectivity index (χ1) is 8.13. The summed E-state index contributed by atoms with van der Waals surface area (Å²) in [6, 6.07) is 0. The summed E-state index contributed by atoms with van der Waals surface area (Å²) in [5.74, 6) is 0. The zero-order chi connectivity index (χ0) is 12.7. The number of hydrogen-bond donors (Lipinski definition) is 1. The molecule has 102 valence electrons. The summed E-state index contributed by atoms with van der Waals surface area (Å²) in [7, 11) is 0. The van der Waals surface area contributed by atoms with Crippen molar-refractivity contribution in [3.05, 3.63) is 0 Å². The van der Waals surface area contributed by atoms with Crippen molar-refractivity contribution in [2.45, 2.75) is 46.6 Å². The maximum absolute atomic E-state index is 5.73. The van der Waals surface area contributed by atoms with Crippen LogP contribution in [0.5, 0.6) is 0 Å². The fourth-order valence-electron chi connectivity index (χ4n) is 2.43. The van der Waals surface area contributed by atoms with Gasteiger partial charge in [0, 0.05) is 26.2 Å². The number of nitrogens with one attached hydrogen (secondary N) is 1. The molecule has 17 heavy (non-hydrogen) atoms. The van der Waals surface area contributed by atoms with Crippen molar-refractivity contribution in [2.75, 3.05) is 39.3 Å². The Morgan fingerprint density at radius 2 is 2.12 bits per heavy atom. The lowest BCUT2D eigenvalue weighted by atomic mass is 9.86. The number of nitrogens with zero attached hydrogens (tertiary/aromatic N) is 1. The van der Waals surface area contributed by atoms with Crippen LogP contribution in [0.25, 0.3) is 0 Å². The Morgan fingerprint density at radius 3 is 2.71 bits per heavy atom. The Bertz CT molecular complexity index is 210. The van der Waals surface area contributed by atoms with Gasteiger partial charge in [-0.3, -0.25) is 4.90 Å². The minimum absolute atomic E-state index is 0.394. The van der Waals surface area contributed by atoms with E-state index in [2.05, 4.69) is 37.9 Å². The van der Waals surface area contributed by atoms with Gasteiger partial charge in [0.15, 0.2) is 0 Å². The van der Waals surface area contributed by atoms with Crippen LogP contribution < -0.4 is 5.32 Å². The SMILES string of the molecule is CCNCC(C)(CC)CN1CCOC(CC)C1. The summed E-state index contributed by atoms with van der Waals surface area (Å²) in [5.41, 5.74) is 0.394. The van der Waals surface area contributed by atoms with E-state index in [1.807, 2.05) is 0 Å². The molecule has 3 heteroatoms. The molecule has 3 nitrogen and oxygen atoms in total. The Labute approximate surface area is 107 Å². The molecular formula is C14H30N2O. The second-order valence-corrected chi connectivity index (χ2v) is 5.58. The zero-order valence-electron chi connectivity index (χ0n) is 12.1. The van der Waals surface area contributed by atoms with Gasteiger partial charge in [0.2, 0.25) is 0 Å². The molecule has 0 bridgehead atoms. The number of ether oxygens (including phenoxy) is 1. The molecule has 1 rings (SSSR count). The van der Waals surface area contributed by atoms with Crippen molar-refractivity contribution in [1.82, 2.24) is 10.2 Å². The van der Waals surface area contributed by atoms with Crippen molar-refractivity contribution in [2.24, 2.45) is 5.41 Å². The van der Waals surface area contributed by atoms with Crippen molar-refractivity contribution >= 4 is 0 Å². The molecule has 1 N–H and O–H groups in total. The molecule has 1 fully saturated rings. The summed E-state index contributed by atoms with van der Waals surface area (Å²) in [5, 5.41) is 3.50. The van der Waals surface area contributed by atoms with Crippen molar-refractivity contribution in [1.29, 1.82) is 0 Å². The van der Waals surface area contributed by atoms with Gasteiger partial charge in [-0.15, -0.1) is 0 Å². The first-order valence-electron chi connectivity index (χ1n) is 7.18. The van der Waals surface area contributed by atoms with E-state index in [0.717, 1.165) is 39.2 Å². The van der Waals surface area contributed by atoms with Gasteiger partial charge in [-0.1, -0.05) is 27.7 Å². The van der Waals surface area contributed by atoms with E-state index < -0.39 is 0 Å². The highest BCUT2D eigenvalue weighted by Crippen LogP contribution is 2.23. The van der Waals surface area contributed by atoms with Gasteiger partial charge in [0.1, 0.15) is 0 Å². The molecule has 0 aliphatic carbocycles. The average Bonchev–Trinajstić information content (AvgIpc) is 2.36. The quantitative estimate of drug-likeness (QED) is 0.740. The predicted octanol–water partition coefficient (Wildman–Crippen LogP) is 2.12. The monoisotopic (exact) mass is 242 g/mol. The van der Waals surface area contributed by atoms with Gasteiger partial charge in [-0.25, -0.2) is 0 Å². The van der Waals surface area contributed by atoms with Gasteiger partial charge in [-0.2, -0.15) is 0 Å². The Morgan fingerprint density at radius 1 is 1.35 bits per heavy atom. The van der Waals surface area contributed by atoms with Crippen LogP contribution in [0.1, 0.15) is 40.5 Å². The molecule has 0 aromatic rings. The van der Waals surface area contributed by atoms with Crippen LogP contribution >= 0.6 is 0 Å². The van der Waals surface area contributed by atoms with E-state index in [4.69, 9.17) is 4.74 Å². The Balaban J connectivity index is 2.43. The molecule has 2 atom stereocenters. The first kappa shape index (κ1) is 14.9. The van der Waals surface area contributed by atoms with Gasteiger partial charge < -0.3 is 10.1 Å². The standard InChI is InChI=1S/C14H30N2O/c1-5-13-10-16(8-9-17-13)12-14(4,6-2)11-15-7-3/h13,15H,5-12H2,1-4H3. The fourth-order valence-corrected chi connectivity index (χ4v) is 2.43. The van der Waals surface area contributed by atoms with E-state index in [1.165, 1.54) is 13.0 Å². The Kier molecular flexibility index (Phi) is 6.45. The lowest BCUT2D eigenvalue weighted by molar-refractivity contribution is -0.0412. The van der Waals surface area contributed by atoms with E-state index in [9.17, 15) is 0 Å². The molecule has 0 amide bonds. The second kappa shape index (κ2) is 7.34. The van der Waals surface area contributed by atoms with Crippen LogP contribution in [0, 0.1) is 5.41 Å². The highest BCUT2D eigenvalue weighted by Gasteiger charge is 2.28.